The van der Waals surface area contributed by atoms with E-state index in [9.17, 15) is 0 Å². The first-order valence-corrected chi connectivity index (χ1v) is 6.27. The summed E-state index contributed by atoms with van der Waals surface area (Å²) in [5, 5.41) is 4.88. The van der Waals surface area contributed by atoms with Gasteiger partial charge < -0.3 is 9.88 Å². The Morgan fingerprint density at radius 1 is 1.18 bits per heavy atom. The maximum atomic E-state index is 3.52. The molecule has 0 saturated heterocycles. The Morgan fingerprint density at radius 3 is 2.65 bits per heavy atom. The van der Waals surface area contributed by atoms with Crippen LogP contribution in [0.25, 0.3) is 10.9 Å². The molecule has 0 aliphatic rings. The third kappa shape index (κ3) is 2.89. The number of fused-ring (bicyclic) bond motifs is 1. The van der Waals surface area contributed by atoms with E-state index in [1.54, 1.807) is 0 Å². The first-order chi connectivity index (χ1) is 7.97. The van der Waals surface area contributed by atoms with Gasteiger partial charge in [-0.1, -0.05) is 12.1 Å². The van der Waals surface area contributed by atoms with Crippen LogP contribution in [-0.4, -0.2) is 16.7 Å². The molecule has 0 spiro atoms. The van der Waals surface area contributed by atoms with Crippen molar-refractivity contribution in [1.29, 1.82) is 0 Å². The molecule has 2 nitrogen and oxygen atoms in total. The topological polar surface area (TPSA) is 17.0 Å². The molecule has 0 saturated carbocycles. The highest BCUT2D eigenvalue weighted by Gasteiger charge is 2.08. The van der Waals surface area contributed by atoms with Crippen LogP contribution in [0, 0.1) is 6.92 Å². The molecule has 0 atom stereocenters. The summed E-state index contributed by atoms with van der Waals surface area (Å²) in [5.74, 6) is 0. The molecule has 1 heterocycles. The lowest BCUT2D eigenvalue weighted by Crippen LogP contribution is -2.37. The molecule has 1 N–H and O–H groups in total. The van der Waals surface area contributed by atoms with Gasteiger partial charge >= 0.3 is 0 Å². The first kappa shape index (κ1) is 12.2. The number of hydrogen-bond acceptors (Lipinski definition) is 1. The Balaban J connectivity index is 2.12. The summed E-state index contributed by atoms with van der Waals surface area (Å²) >= 11 is 0. The van der Waals surface area contributed by atoms with Gasteiger partial charge in [0.05, 0.1) is 0 Å². The van der Waals surface area contributed by atoms with E-state index in [1.807, 2.05) is 0 Å². The molecular formula is C15H22N2. The van der Waals surface area contributed by atoms with Crippen LogP contribution in [0.3, 0.4) is 0 Å². The average Bonchev–Trinajstić information content (AvgIpc) is 2.61. The van der Waals surface area contributed by atoms with Crippen molar-refractivity contribution in [3.8, 4) is 0 Å². The highest BCUT2D eigenvalue weighted by atomic mass is 15.0. The molecule has 2 heteroatoms. The maximum Gasteiger partial charge on any atom is 0.0483 e. The van der Waals surface area contributed by atoms with Crippen molar-refractivity contribution < 1.29 is 0 Å². The van der Waals surface area contributed by atoms with E-state index in [0.29, 0.717) is 0 Å². The van der Waals surface area contributed by atoms with Crippen LogP contribution in [0.4, 0.5) is 0 Å². The summed E-state index contributed by atoms with van der Waals surface area (Å²) in [6.07, 6.45) is 2.18. The molecule has 0 aliphatic heterocycles. The van der Waals surface area contributed by atoms with E-state index in [4.69, 9.17) is 0 Å². The molecule has 0 fully saturated rings. The largest absolute Gasteiger partial charge is 0.346 e. The van der Waals surface area contributed by atoms with Crippen molar-refractivity contribution in [2.24, 2.45) is 0 Å². The lowest BCUT2D eigenvalue weighted by atomic mass is 10.1. The molecule has 1 aromatic heterocycles. The number of aryl methyl sites for hydroxylation is 1. The van der Waals surface area contributed by atoms with Crippen LogP contribution in [0.15, 0.2) is 30.5 Å². The second-order valence-corrected chi connectivity index (χ2v) is 5.69. The lowest BCUT2D eigenvalue weighted by Gasteiger charge is -2.20. The smallest absolute Gasteiger partial charge is 0.0483 e. The predicted octanol–water partition coefficient (Wildman–Crippen LogP) is 3.34. The van der Waals surface area contributed by atoms with E-state index in [-0.39, 0.29) is 5.54 Å². The second-order valence-electron chi connectivity index (χ2n) is 5.69. The molecule has 92 valence electrons. The van der Waals surface area contributed by atoms with Crippen molar-refractivity contribution in [3.63, 3.8) is 0 Å². The van der Waals surface area contributed by atoms with E-state index in [2.05, 4.69) is 68.0 Å². The Kier molecular flexibility index (Phi) is 3.25. The van der Waals surface area contributed by atoms with Gasteiger partial charge in [-0.15, -0.1) is 0 Å². The monoisotopic (exact) mass is 230 g/mol. The third-order valence-corrected chi connectivity index (χ3v) is 3.04. The number of aromatic nitrogens is 1. The number of nitrogens with zero attached hydrogens (tertiary/aromatic N) is 1. The number of hydrogen-bond donors (Lipinski definition) is 1. The molecule has 17 heavy (non-hydrogen) atoms. The maximum absolute atomic E-state index is 3.52. The summed E-state index contributed by atoms with van der Waals surface area (Å²) in [7, 11) is 0. The summed E-state index contributed by atoms with van der Waals surface area (Å²) in [4.78, 5) is 0. The molecule has 0 bridgehead atoms. The minimum atomic E-state index is 0.193. The molecule has 0 aliphatic carbocycles. The molecule has 0 unspecified atom stereocenters. The van der Waals surface area contributed by atoms with Gasteiger partial charge in [0.1, 0.15) is 0 Å². The first-order valence-electron chi connectivity index (χ1n) is 6.27. The van der Waals surface area contributed by atoms with Gasteiger partial charge in [0.25, 0.3) is 0 Å². The Hall–Kier alpha value is -1.28. The molecule has 2 aromatic rings. The fourth-order valence-corrected chi connectivity index (χ4v) is 2.12. The zero-order valence-corrected chi connectivity index (χ0v) is 11.2. The zero-order valence-electron chi connectivity index (χ0n) is 11.2. The SMILES string of the molecule is Cc1cccc2c1ccn2CCNC(C)(C)C. The Labute approximate surface area is 104 Å². The number of rotatable bonds is 3. The van der Waals surface area contributed by atoms with Gasteiger partial charge in [-0.3, -0.25) is 0 Å². The summed E-state index contributed by atoms with van der Waals surface area (Å²) < 4.78 is 2.32. The standard InChI is InChI=1S/C15H22N2/c1-12-6-5-7-14-13(12)8-10-17(14)11-9-16-15(2,3)4/h5-8,10,16H,9,11H2,1-4H3. The fraction of sp³-hybridized carbons (Fsp3) is 0.467. The van der Waals surface area contributed by atoms with E-state index >= 15 is 0 Å². The van der Waals surface area contributed by atoms with Crippen LogP contribution in [-0.2, 0) is 6.54 Å². The van der Waals surface area contributed by atoms with Crippen LogP contribution in [0.5, 0.6) is 0 Å². The molecule has 0 radical (unpaired) electrons. The van der Waals surface area contributed by atoms with Crippen LogP contribution >= 0.6 is 0 Å². The fourth-order valence-electron chi connectivity index (χ4n) is 2.12. The van der Waals surface area contributed by atoms with Crippen LogP contribution in [0.2, 0.25) is 0 Å². The third-order valence-electron chi connectivity index (χ3n) is 3.04. The Morgan fingerprint density at radius 2 is 1.94 bits per heavy atom. The van der Waals surface area contributed by atoms with Crippen LogP contribution in [0.1, 0.15) is 26.3 Å². The number of nitrogens with one attached hydrogen (secondary N) is 1. The summed E-state index contributed by atoms with van der Waals surface area (Å²) in [5.41, 5.74) is 2.88. The minimum absolute atomic E-state index is 0.193. The van der Waals surface area contributed by atoms with E-state index in [1.165, 1.54) is 16.5 Å². The van der Waals surface area contributed by atoms with Gasteiger partial charge in [-0.05, 0) is 45.4 Å². The van der Waals surface area contributed by atoms with Crippen molar-refractivity contribution in [2.75, 3.05) is 6.54 Å². The highest BCUT2D eigenvalue weighted by Crippen LogP contribution is 2.19. The van der Waals surface area contributed by atoms with Gasteiger partial charge in [0.2, 0.25) is 0 Å². The Bertz CT molecular complexity index is 503. The van der Waals surface area contributed by atoms with Crippen molar-refractivity contribution >= 4 is 10.9 Å². The molecule has 0 amide bonds. The van der Waals surface area contributed by atoms with Gasteiger partial charge in [0.15, 0.2) is 0 Å². The minimum Gasteiger partial charge on any atom is -0.346 e. The predicted molar refractivity (Wildman–Crippen MR) is 74.4 cm³/mol. The summed E-state index contributed by atoms with van der Waals surface area (Å²) in [6.45, 7) is 10.8. The number of benzene rings is 1. The molecule has 1 aromatic carbocycles. The zero-order chi connectivity index (χ0) is 12.5. The van der Waals surface area contributed by atoms with Gasteiger partial charge in [-0.2, -0.15) is 0 Å². The average molecular weight is 230 g/mol. The van der Waals surface area contributed by atoms with Crippen molar-refractivity contribution in [1.82, 2.24) is 9.88 Å². The highest BCUT2D eigenvalue weighted by molar-refractivity contribution is 5.83. The van der Waals surface area contributed by atoms with Crippen LogP contribution < -0.4 is 5.32 Å². The molecular weight excluding hydrogens is 208 g/mol. The van der Waals surface area contributed by atoms with Gasteiger partial charge in [0, 0.05) is 35.7 Å². The normalized spacial score (nSPS) is 12.2. The van der Waals surface area contributed by atoms with E-state index in [0.717, 1.165) is 13.1 Å². The van der Waals surface area contributed by atoms with Crippen molar-refractivity contribution in [3.05, 3.63) is 36.0 Å². The quantitative estimate of drug-likeness (QED) is 0.855. The summed E-state index contributed by atoms with van der Waals surface area (Å²) in [6, 6.07) is 8.70. The molecule has 2 rings (SSSR count). The lowest BCUT2D eigenvalue weighted by molar-refractivity contribution is 0.414. The van der Waals surface area contributed by atoms with Gasteiger partial charge in [-0.25, -0.2) is 0 Å². The second kappa shape index (κ2) is 4.53. The van der Waals surface area contributed by atoms with Crippen molar-refractivity contribution in [2.45, 2.75) is 39.8 Å². The van der Waals surface area contributed by atoms with E-state index < -0.39 is 0 Å².